The molecule has 4 atom stereocenters. The summed E-state index contributed by atoms with van der Waals surface area (Å²) in [5.74, 6) is -0.754. The van der Waals surface area contributed by atoms with Gasteiger partial charge in [0.15, 0.2) is 11.7 Å². The number of hydrogen-bond donors (Lipinski definition) is 5. The number of rotatable bonds is 9. The second kappa shape index (κ2) is 9.99. The first-order chi connectivity index (χ1) is 15.7. The first kappa shape index (κ1) is 24.2. The molecule has 0 aliphatic carbocycles. The molecule has 3 amide bonds. The maximum atomic E-state index is 12.6. The average Bonchev–Trinajstić information content (AvgIpc) is 2.77. The summed E-state index contributed by atoms with van der Waals surface area (Å²) < 4.78 is 0. The van der Waals surface area contributed by atoms with E-state index in [0.29, 0.717) is 31.5 Å². The summed E-state index contributed by atoms with van der Waals surface area (Å²) in [6.45, 7) is 5.99. The summed E-state index contributed by atoms with van der Waals surface area (Å²) in [4.78, 5) is 54.3. The Bertz CT molecular complexity index is 949. The number of ketones is 1. The molecule has 1 fully saturated rings. The van der Waals surface area contributed by atoms with E-state index in [-0.39, 0.29) is 29.6 Å². The molecule has 33 heavy (non-hydrogen) atoms. The smallest absolute Gasteiger partial charge is 0.253 e. The van der Waals surface area contributed by atoms with Crippen LogP contribution in [0, 0.1) is 0 Å². The van der Waals surface area contributed by atoms with Gasteiger partial charge in [0.2, 0.25) is 6.41 Å². The maximum absolute atomic E-state index is 12.6. The lowest BCUT2D eigenvalue weighted by atomic mass is 9.91. The molecule has 11 nitrogen and oxygen atoms in total. The van der Waals surface area contributed by atoms with Crippen LogP contribution in [0.15, 0.2) is 29.3 Å². The molecule has 2 aliphatic rings. The molecule has 0 aromatic heterocycles. The highest BCUT2D eigenvalue weighted by Crippen LogP contribution is 2.19. The average molecular weight is 458 g/mol. The SMILES string of the molecule is CCCC(C)(NC(=O)c1ccc(NCC2CNC3N=C(N)NC(=O)C3N2C=O)cc1)C(C)=O. The number of carbonyl (C=O) groups is 4. The number of amides is 3. The largest absolute Gasteiger partial charge is 0.383 e. The number of Topliss-reactive ketones (excluding diaryl/α,β-unsaturated/α-hetero) is 1. The molecule has 1 saturated heterocycles. The van der Waals surface area contributed by atoms with Gasteiger partial charge in [-0.3, -0.25) is 29.8 Å². The summed E-state index contributed by atoms with van der Waals surface area (Å²) in [7, 11) is 0. The van der Waals surface area contributed by atoms with Crippen LogP contribution in [0.3, 0.4) is 0 Å². The second-order valence-corrected chi connectivity index (χ2v) is 8.56. The van der Waals surface area contributed by atoms with Crippen molar-refractivity contribution in [3.05, 3.63) is 29.8 Å². The van der Waals surface area contributed by atoms with Crippen molar-refractivity contribution in [2.45, 2.75) is 57.4 Å². The van der Waals surface area contributed by atoms with Crippen LogP contribution in [-0.2, 0) is 14.4 Å². The van der Waals surface area contributed by atoms with E-state index >= 15 is 0 Å². The van der Waals surface area contributed by atoms with Gasteiger partial charge >= 0.3 is 0 Å². The van der Waals surface area contributed by atoms with Crippen LogP contribution in [0.5, 0.6) is 0 Å². The number of carbonyl (C=O) groups excluding carboxylic acids is 4. The minimum absolute atomic E-state index is 0.0265. The first-order valence-corrected chi connectivity index (χ1v) is 11.0. The Labute approximate surface area is 192 Å². The quantitative estimate of drug-likeness (QED) is 0.314. The fraction of sp³-hybridized carbons (Fsp3) is 0.500. The molecule has 0 bridgehead atoms. The predicted octanol–water partition coefficient (Wildman–Crippen LogP) is -0.454. The van der Waals surface area contributed by atoms with Gasteiger partial charge in [-0.25, -0.2) is 4.99 Å². The van der Waals surface area contributed by atoms with Crippen molar-refractivity contribution >= 4 is 35.7 Å². The zero-order valence-electron chi connectivity index (χ0n) is 19.1. The number of nitrogens with one attached hydrogen (secondary N) is 4. The lowest BCUT2D eigenvalue weighted by Gasteiger charge is -2.44. The van der Waals surface area contributed by atoms with E-state index in [9.17, 15) is 19.2 Å². The van der Waals surface area contributed by atoms with Gasteiger partial charge in [-0.05, 0) is 44.5 Å². The molecular formula is C22H31N7O4. The molecule has 0 spiro atoms. The van der Waals surface area contributed by atoms with Crippen LogP contribution < -0.4 is 27.0 Å². The third-order valence-corrected chi connectivity index (χ3v) is 6.13. The van der Waals surface area contributed by atoms with Crippen molar-refractivity contribution < 1.29 is 19.2 Å². The number of hydrogen-bond acceptors (Lipinski definition) is 8. The summed E-state index contributed by atoms with van der Waals surface area (Å²) in [5.41, 5.74) is 5.89. The van der Waals surface area contributed by atoms with Crippen LogP contribution in [-0.4, -0.2) is 71.7 Å². The van der Waals surface area contributed by atoms with Crippen molar-refractivity contribution in [1.82, 2.24) is 20.9 Å². The first-order valence-electron chi connectivity index (χ1n) is 11.0. The van der Waals surface area contributed by atoms with E-state index in [2.05, 4.69) is 26.3 Å². The van der Waals surface area contributed by atoms with Crippen LogP contribution in [0.1, 0.15) is 44.0 Å². The predicted molar refractivity (Wildman–Crippen MR) is 123 cm³/mol. The Morgan fingerprint density at radius 1 is 1.33 bits per heavy atom. The molecule has 11 heteroatoms. The lowest BCUT2D eigenvalue weighted by Crippen LogP contribution is -2.70. The fourth-order valence-corrected chi connectivity index (χ4v) is 4.09. The van der Waals surface area contributed by atoms with Gasteiger partial charge < -0.3 is 21.3 Å². The fourth-order valence-electron chi connectivity index (χ4n) is 4.09. The molecule has 6 N–H and O–H groups in total. The van der Waals surface area contributed by atoms with Crippen molar-refractivity contribution in [3.63, 3.8) is 0 Å². The number of piperazine rings is 1. The third-order valence-electron chi connectivity index (χ3n) is 6.13. The number of aliphatic imine (C=N–C) groups is 1. The Balaban J connectivity index is 1.61. The van der Waals surface area contributed by atoms with Crippen molar-refractivity contribution in [3.8, 4) is 0 Å². The minimum atomic E-state index is -0.896. The molecule has 0 radical (unpaired) electrons. The monoisotopic (exact) mass is 457 g/mol. The standard InChI is InChI=1S/C22H31N7O4/c1-4-9-22(3,13(2)31)28-19(32)14-5-7-15(8-6-14)24-10-16-11-25-18-17(29(16)12-30)20(33)27-21(23)26-18/h5-8,12,16-18,24-25H,4,9-11H2,1-3H3,(H,28,32)(H3,23,26,27,33). The highest BCUT2D eigenvalue weighted by molar-refractivity contribution is 6.02. The molecule has 1 aromatic rings. The topological polar surface area (TPSA) is 158 Å². The Morgan fingerprint density at radius 3 is 2.64 bits per heavy atom. The normalized spacial score (nSPS) is 24.0. The van der Waals surface area contributed by atoms with Gasteiger partial charge in [0.25, 0.3) is 11.8 Å². The van der Waals surface area contributed by atoms with Crippen LogP contribution in [0.25, 0.3) is 0 Å². The molecule has 4 unspecified atom stereocenters. The van der Waals surface area contributed by atoms with Gasteiger partial charge in [-0.1, -0.05) is 13.3 Å². The minimum Gasteiger partial charge on any atom is -0.383 e. The van der Waals surface area contributed by atoms with E-state index in [1.165, 1.54) is 11.8 Å². The Morgan fingerprint density at radius 2 is 2.03 bits per heavy atom. The van der Waals surface area contributed by atoms with E-state index < -0.39 is 17.7 Å². The van der Waals surface area contributed by atoms with E-state index in [0.717, 1.165) is 12.1 Å². The molecule has 0 saturated carbocycles. The van der Waals surface area contributed by atoms with Gasteiger partial charge in [-0.15, -0.1) is 0 Å². The van der Waals surface area contributed by atoms with Gasteiger partial charge in [-0.2, -0.15) is 0 Å². The zero-order chi connectivity index (χ0) is 24.2. The van der Waals surface area contributed by atoms with E-state index in [1.54, 1.807) is 31.2 Å². The molecule has 2 aliphatic heterocycles. The number of nitrogens with zero attached hydrogens (tertiary/aromatic N) is 2. The lowest BCUT2D eigenvalue weighted by molar-refractivity contribution is -0.137. The van der Waals surface area contributed by atoms with Gasteiger partial charge in [0, 0.05) is 24.3 Å². The summed E-state index contributed by atoms with van der Waals surface area (Å²) in [5, 5.41) is 11.7. The van der Waals surface area contributed by atoms with Crippen LogP contribution in [0.4, 0.5) is 5.69 Å². The Kier molecular flexibility index (Phi) is 7.32. The number of anilines is 1. The highest BCUT2D eigenvalue weighted by atomic mass is 16.2. The van der Waals surface area contributed by atoms with Gasteiger partial charge in [0.1, 0.15) is 12.2 Å². The molecule has 3 rings (SSSR count). The zero-order valence-corrected chi connectivity index (χ0v) is 19.1. The van der Waals surface area contributed by atoms with Crippen molar-refractivity contribution in [2.24, 2.45) is 10.7 Å². The summed E-state index contributed by atoms with van der Waals surface area (Å²) >= 11 is 0. The van der Waals surface area contributed by atoms with E-state index in [1.807, 2.05) is 6.92 Å². The number of fused-ring (bicyclic) bond motifs is 1. The molecule has 1 aromatic carbocycles. The molecule has 178 valence electrons. The number of guanidine groups is 1. The Hall–Kier alpha value is -3.47. The second-order valence-electron chi connectivity index (χ2n) is 8.56. The van der Waals surface area contributed by atoms with Gasteiger partial charge in [0.05, 0.1) is 11.6 Å². The van der Waals surface area contributed by atoms with Crippen LogP contribution in [0.2, 0.25) is 0 Å². The number of benzene rings is 1. The van der Waals surface area contributed by atoms with Crippen molar-refractivity contribution in [2.75, 3.05) is 18.4 Å². The molecule has 2 heterocycles. The number of nitrogens with two attached hydrogens (primary N) is 1. The highest BCUT2D eigenvalue weighted by Gasteiger charge is 2.43. The summed E-state index contributed by atoms with van der Waals surface area (Å²) in [6.07, 6.45) is 1.41. The molecular weight excluding hydrogens is 426 g/mol. The maximum Gasteiger partial charge on any atom is 0.253 e. The van der Waals surface area contributed by atoms with Crippen LogP contribution >= 0.6 is 0 Å². The third kappa shape index (κ3) is 5.30. The van der Waals surface area contributed by atoms with E-state index in [4.69, 9.17) is 5.73 Å². The summed E-state index contributed by atoms with van der Waals surface area (Å²) in [6, 6.07) is 5.77. The van der Waals surface area contributed by atoms with Crippen molar-refractivity contribution in [1.29, 1.82) is 0 Å².